The van der Waals surface area contributed by atoms with Crippen LogP contribution in [0.5, 0.6) is 11.5 Å². The summed E-state index contributed by atoms with van der Waals surface area (Å²) in [5.74, 6) is 2.83. The van der Waals surface area contributed by atoms with E-state index < -0.39 is 0 Å². The normalized spacial score (nSPS) is 12.1. The van der Waals surface area contributed by atoms with Crippen LogP contribution < -0.4 is 4.74 Å². The summed E-state index contributed by atoms with van der Waals surface area (Å²) >= 11 is 0. The molecule has 1 heterocycles. The van der Waals surface area contributed by atoms with Crippen molar-refractivity contribution in [2.24, 2.45) is 5.92 Å². The van der Waals surface area contributed by atoms with Gasteiger partial charge in [0.15, 0.2) is 29.0 Å². The molecule has 0 bridgehead atoms. The van der Waals surface area contributed by atoms with Crippen molar-refractivity contribution < 1.29 is 9.84 Å². The van der Waals surface area contributed by atoms with Gasteiger partial charge in [-0.05, 0) is 65.7 Å². The Hall–Kier alpha value is -3.73. The van der Waals surface area contributed by atoms with Crippen LogP contribution in [-0.2, 0) is 10.8 Å². The van der Waals surface area contributed by atoms with Crippen molar-refractivity contribution >= 4 is 0 Å². The van der Waals surface area contributed by atoms with E-state index in [0.717, 1.165) is 36.8 Å². The SMILES string of the molecule is CCCCCC(C)(C)c1ccc(-c2nc(-c3ccc(C(C)(C)CCCCC)cc3)nc(-c3cccc(OCCCC(CC)CC)c3O)n2)cc1. The van der Waals surface area contributed by atoms with E-state index in [1.54, 1.807) is 0 Å². The van der Waals surface area contributed by atoms with Gasteiger partial charge in [-0.1, -0.05) is 161 Å². The van der Waals surface area contributed by atoms with E-state index in [-0.39, 0.29) is 16.6 Å². The van der Waals surface area contributed by atoms with Gasteiger partial charge in [0.05, 0.1) is 12.2 Å². The zero-order valence-corrected chi connectivity index (χ0v) is 32.3. The molecule has 0 spiro atoms. The van der Waals surface area contributed by atoms with Gasteiger partial charge in [-0.25, -0.2) is 15.0 Å². The van der Waals surface area contributed by atoms with Gasteiger partial charge in [-0.3, -0.25) is 0 Å². The molecule has 0 aliphatic carbocycles. The first-order chi connectivity index (χ1) is 24.0. The molecule has 4 aromatic rings. The van der Waals surface area contributed by atoms with Gasteiger partial charge in [-0.15, -0.1) is 0 Å². The van der Waals surface area contributed by atoms with Crippen LogP contribution >= 0.6 is 0 Å². The lowest BCUT2D eigenvalue weighted by Gasteiger charge is -2.25. The first-order valence-corrected chi connectivity index (χ1v) is 19.5. The summed E-state index contributed by atoms with van der Waals surface area (Å²) in [5, 5.41) is 11.5. The Morgan fingerprint density at radius 2 is 1.08 bits per heavy atom. The number of aromatic nitrogens is 3. The zero-order valence-electron chi connectivity index (χ0n) is 32.3. The molecule has 0 atom stereocenters. The third-order valence-electron chi connectivity index (χ3n) is 10.7. The van der Waals surface area contributed by atoms with Crippen molar-refractivity contribution in [3.63, 3.8) is 0 Å². The minimum absolute atomic E-state index is 0.0616. The maximum atomic E-state index is 11.5. The van der Waals surface area contributed by atoms with Crippen molar-refractivity contribution in [1.82, 2.24) is 15.0 Å². The van der Waals surface area contributed by atoms with E-state index >= 15 is 0 Å². The summed E-state index contributed by atoms with van der Waals surface area (Å²) in [6.45, 7) is 18.9. The molecule has 0 saturated carbocycles. The Morgan fingerprint density at radius 3 is 1.54 bits per heavy atom. The van der Waals surface area contributed by atoms with E-state index in [1.165, 1.54) is 62.5 Å². The molecule has 0 unspecified atom stereocenters. The zero-order chi connectivity index (χ0) is 36.1. The highest BCUT2D eigenvalue weighted by atomic mass is 16.5. The number of ether oxygens (including phenoxy) is 1. The van der Waals surface area contributed by atoms with E-state index in [1.807, 2.05) is 18.2 Å². The fourth-order valence-electron chi connectivity index (χ4n) is 6.89. The molecular formula is C45H63N3O2. The summed E-state index contributed by atoms with van der Waals surface area (Å²) in [6, 6.07) is 22.9. The first-order valence-electron chi connectivity index (χ1n) is 19.5. The third-order valence-corrected chi connectivity index (χ3v) is 10.7. The van der Waals surface area contributed by atoms with Crippen LogP contribution in [0.4, 0.5) is 0 Å². The van der Waals surface area contributed by atoms with Crippen LogP contribution in [0.1, 0.15) is 144 Å². The van der Waals surface area contributed by atoms with Crippen molar-refractivity contribution in [3.8, 4) is 45.7 Å². The summed E-state index contributed by atoms with van der Waals surface area (Å²) in [4.78, 5) is 14.9. The van der Waals surface area contributed by atoms with E-state index in [4.69, 9.17) is 19.7 Å². The monoisotopic (exact) mass is 677 g/mol. The van der Waals surface area contributed by atoms with Gasteiger partial charge in [0.25, 0.3) is 0 Å². The van der Waals surface area contributed by atoms with Gasteiger partial charge in [0.2, 0.25) is 0 Å². The molecule has 0 aliphatic rings. The average molecular weight is 678 g/mol. The fraction of sp³-hybridized carbons (Fsp3) is 0.533. The van der Waals surface area contributed by atoms with E-state index in [2.05, 4.69) is 104 Å². The summed E-state index contributed by atoms with van der Waals surface area (Å²) in [6.07, 6.45) is 14.2. The van der Waals surface area contributed by atoms with Crippen LogP contribution in [0.25, 0.3) is 34.2 Å². The Bertz CT molecular complexity index is 1520. The second kappa shape index (κ2) is 18.5. The Labute approximate surface area is 303 Å². The van der Waals surface area contributed by atoms with Crippen molar-refractivity contribution in [3.05, 3.63) is 77.9 Å². The van der Waals surface area contributed by atoms with Crippen LogP contribution in [0, 0.1) is 5.92 Å². The van der Waals surface area contributed by atoms with Gasteiger partial charge in [0.1, 0.15) is 0 Å². The number of aromatic hydroxyl groups is 1. The molecule has 0 radical (unpaired) electrons. The molecule has 1 aromatic heterocycles. The minimum atomic E-state index is 0.0616. The smallest absolute Gasteiger partial charge is 0.168 e. The van der Waals surface area contributed by atoms with E-state index in [0.29, 0.717) is 41.3 Å². The lowest BCUT2D eigenvalue weighted by molar-refractivity contribution is 0.276. The maximum Gasteiger partial charge on any atom is 0.168 e. The average Bonchev–Trinajstić information content (AvgIpc) is 3.12. The molecule has 270 valence electrons. The van der Waals surface area contributed by atoms with E-state index in [9.17, 15) is 5.11 Å². The maximum absolute atomic E-state index is 11.5. The molecule has 1 N–H and O–H groups in total. The number of hydrogen-bond donors (Lipinski definition) is 1. The summed E-state index contributed by atoms with van der Waals surface area (Å²) in [7, 11) is 0. The van der Waals surface area contributed by atoms with Gasteiger partial charge >= 0.3 is 0 Å². The van der Waals surface area contributed by atoms with Crippen molar-refractivity contribution in [1.29, 1.82) is 0 Å². The van der Waals surface area contributed by atoms with Gasteiger partial charge < -0.3 is 9.84 Å². The van der Waals surface area contributed by atoms with Crippen LogP contribution in [0.3, 0.4) is 0 Å². The molecule has 0 amide bonds. The first kappa shape index (κ1) is 39.1. The van der Waals surface area contributed by atoms with Gasteiger partial charge in [0, 0.05) is 11.1 Å². The molecule has 4 rings (SSSR count). The second-order valence-electron chi connectivity index (χ2n) is 15.5. The Balaban J connectivity index is 1.70. The highest BCUT2D eigenvalue weighted by molar-refractivity contribution is 5.72. The molecule has 50 heavy (non-hydrogen) atoms. The number of benzene rings is 3. The highest BCUT2D eigenvalue weighted by Gasteiger charge is 2.23. The molecule has 3 aromatic carbocycles. The highest BCUT2D eigenvalue weighted by Crippen LogP contribution is 2.38. The molecular weight excluding hydrogens is 615 g/mol. The third kappa shape index (κ3) is 10.4. The fourth-order valence-corrected chi connectivity index (χ4v) is 6.89. The molecule has 5 heteroatoms. The number of hydrogen-bond acceptors (Lipinski definition) is 5. The van der Waals surface area contributed by atoms with Crippen molar-refractivity contribution in [2.45, 2.75) is 143 Å². The van der Waals surface area contributed by atoms with Crippen molar-refractivity contribution in [2.75, 3.05) is 6.61 Å². The van der Waals surface area contributed by atoms with Crippen LogP contribution in [0.2, 0.25) is 0 Å². The molecule has 0 aliphatic heterocycles. The predicted molar refractivity (Wildman–Crippen MR) is 211 cm³/mol. The summed E-state index contributed by atoms with van der Waals surface area (Å²) < 4.78 is 6.11. The number of unbranched alkanes of at least 4 members (excludes halogenated alkanes) is 4. The lowest BCUT2D eigenvalue weighted by Crippen LogP contribution is -2.17. The van der Waals surface area contributed by atoms with Crippen LogP contribution in [-0.4, -0.2) is 26.7 Å². The number of para-hydroxylation sites is 1. The Morgan fingerprint density at radius 1 is 0.600 bits per heavy atom. The molecule has 5 nitrogen and oxygen atoms in total. The molecule has 0 saturated heterocycles. The quantitative estimate of drug-likeness (QED) is 0.0943. The number of nitrogens with zero attached hydrogens (tertiary/aromatic N) is 3. The number of rotatable bonds is 20. The second-order valence-corrected chi connectivity index (χ2v) is 15.5. The standard InChI is InChI=1S/C45H63N3O2/c1-9-13-15-30-44(5,6)36-26-22-34(23-27-36)41-46-42(35-24-28-37(29-25-35)45(7,8)31-16-14-10-2)48-43(47-41)38-20-17-21-39(40(38)49)50-32-18-19-33(11-3)12-4/h17,20-29,33,49H,9-16,18-19,30-32H2,1-8H3. The molecule has 0 fully saturated rings. The topological polar surface area (TPSA) is 68.1 Å². The Kier molecular flexibility index (Phi) is 14.4. The van der Waals surface area contributed by atoms with Crippen LogP contribution in [0.15, 0.2) is 66.7 Å². The predicted octanol–water partition coefficient (Wildman–Crippen LogP) is 12.9. The lowest BCUT2D eigenvalue weighted by atomic mass is 9.80. The number of phenols is 1. The summed E-state index contributed by atoms with van der Waals surface area (Å²) in [5.41, 5.74) is 5.20. The largest absolute Gasteiger partial charge is 0.504 e. The minimum Gasteiger partial charge on any atom is -0.504 e. The van der Waals surface area contributed by atoms with Gasteiger partial charge in [-0.2, -0.15) is 0 Å². The number of phenolic OH excluding ortho intramolecular Hbond substituents is 1.